The topological polar surface area (TPSA) is 47.6 Å². The first kappa shape index (κ1) is 16.2. The van der Waals surface area contributed by atoms with E-state index in [2.05, 4.69) is 5.32 Å². The zero-order valence-corrected chi connectivity index (χ0v) is 14.2. The molecule has 1 fully saturated rings. The fourth-order valence-electron chi connectivity index (χ4n) is 3.11. The second-order valence-corrected chi connectivity index (χ2v) is 6.70. The average molecular weight is 362 g/mol. The molecule has 1 saturated carbocycles. The van der Waals surface area contributed by atoms with Crippen LogP contribution in [0.3, 0.4) is 0 Å². The van der Waals surface area contributed by atoms with Gasteiger partial charge in [0.05, 0.1) is 23.9 Å². The van der Waals surface area contributed by atoms with Gasteiger partial charge in [0.25, 0.3) is 0 Å². The molecule has 0 spiro atoms. The molecule has 1 aliphatic heterocycles. The molecule has 0 bridgehead atoms. The van der Waals surface area contributed by atoms with Gasteiger partial charge in [-0.2, -0.15) is 0 Å². The lowest BCUT2D eigenvalue weighted by molar-refractivity contribution is -0.117. The number of rotatable bonds is 3. The summed E-state index contributed by atoms with van der Waals surface area (Å²) in [4.78, 5) is 12.5. The summed E-state index contributed by atoms with van der Waals surface area (Å²) in [5, 5.41) is 3.22. The summed E-state index contributed by atoms with van der Waals surface area (Å²) in [6, 6.07) is 9.91. The third-order valence-electron chi connectivity index (χ3n) is 4.53. The van der Waals surface area contributed by atoms with Crippen LogP contribution in [0.4, 0.5) is 10.1 Å². The van der Waals surface area contributed by atoms with Gasteiger partial charge in [0.1, 0.15) is 5.82 Å². The third kappa shape index (κ3) is 3.29. The molecule has 1 N–H and O–H groups in total. The van der Waals surface area contributed by atoms with Gasteiger partial charge < -0.3 is 14.8 Å². The maximum Gasteiger partial charge on any atom is 0.228 e. The zero-order valence-electron chi connectivity index (χ0n) is 13.4. The van der Waals surface area contributed by atoms with E-state index in [1.165, 1.54) is 6.07 Å². The smallest absolute Gasteiger partial charge is 0.228 e. The molecule has 130 valence electrons. The van der Waals surface area contributed by atoms with Crippen LogP contribution in [0.15, 0.2) is 36.4 Å². The Hall–Kier alpha value is -2.27. The average Bonchev–Trinajstić information content (AvgIpc) is 3.40. The van der Waals surface area contributed by atoms with E-state index >= 15 is 0 Å². The number of carbonyl (C=O) groups excluding carboxylic acids is 1. The molecule has 1 amide bonds. The Balaban J connectivity index is 1.49. The summed E-state index contributed by atoms with van der Waals surface area (Å²) in [7, 11) is 0. The Morgan fingerprint density at radius 3 is 2.64 bits per heavy atom. The molecule has 0 aromatic heterocycles. The lowest BCUT2D eigenvalue weighted by Crippen LogP contribution is -2.15. The fraction of sp³-hybridized carbons (Fsp3) is 0.316. The van der Waals surface area contributed by atoms with Crippen LogP contribution in [0.1, 0.15) is 24.3 Å². The standard InChI is InChI=1S/C19H17ClFNO3/c20-14-9-17-18(25-7-3-6-24-17)10-16(14)22-19(23)13-8-12(13)11-4-1-2-5-15(11)21/h1-2,4-5,9-10,12-13H,3,6-8H2,(H,22,23)/t12-,13+/m0/s1. The molecule has 0 saturated heterocycles. The van der Waals surface area contributed by atoms with E-state index in [0.29, 0.717) is 47.4 Å². The minimum Gasteiger partial charge on any atom is -0.490 e. The highest BCUT2D eigenvalue weighted by Gasteiger charge is 2.45. The second kappa shape index (κ2) is 6.56. The molecule has 2 aliphatic rings. The number of ether oxygens (including phenoxy) is 2. The Morgan fingerprint density at radius 2 is 1.88 bits per heavy atom. The molecule has 1 aliphatic carbocycles. The van der Waals surface area contributed by atoms with Crippen molar-refractivity contribution in [1.29, 1.82) is 0 Å². The molecular formula is C19H17ClFNO3. The van der Waals surface area contributed by atoms with Crippen molar-refractivity contribution in [2.45, 2.75) is 18.8 Å². The van der Waals surface area contributed by atoms with E-state index in [0.717, 1.165) is 6.42 Å². The monoisotopic (exact) mass is 361 g/mol. The summed E-state index contributed by atoms with van der Waals surface area (Å²) >= 11 is 6.25. The lowest BCUT2D eigenvalue weighted by atomic mass is 10.1. The molecule has 2 aromatic rings. The minimum absolute atomic E-state index is 0.0830. The van der Waals surface area contributed by atoms with Crippen molar-refractivity contribution in [2.24, 2.45) is 5.92 Å². The van der Waals surface area contributed by atoms with Gasteiger partial charge in [-0.05, 0) is 24.0 Å². The highest BCUT2D eigenvalue weighted by molar-refractivity contribution is 6.34. The maximum atomic E-state index is 13.9. The van der Waals surface area contributed by atoms with Crippen LogP contribution in [0.2, 0.25) is 5.02 Å². The Kier molecular flexibility index (Phi) is 4.25. The lowest BCUT2D eigenvalue weighted by Gasteiger charge is -2.12. The Bertz CT molecular complexity index is 826. The number of carbonyl (C=O) groups is 1. The highest BCUT2D eigenvalue weighted by Crippen LogP contribution is 2.49. The second-order valence-electron chi connectivity index (χ2n) is 6.29. The first-order valence-corrected chi connectivity index (χ1v) is 8.65. The summed E-state index contributed by atoms with van der Waals surface area (Å²) in [6.07, 6.45) is 1.43. The van der Waals surface area contributed by atoms with Gasteiger partial charge in [-0.1, -0.05) is 29.8 Å². The van der Waals surface area contributed by atoms with E-state index in [4.69, 9.17) is 21.1 Å². The van der Waals surface area contributed by atoms with Gasteiger partial charge in [0.15, 0.2) is 11.5 Å². The van der Waals surface area contributed by atoms with Gasteiger partial charge >= 0.3 is 0 Å². The Morgan fingerprint density at radius 1 is 1.16 bits per heavy atom. The Labute approximate surface area is 149 Å². The first-order valence-electron chi connectivity index (χ1n) is 8.28. The minimum atomic E-state index is -0.267. The summed E-state index contributed by atoms with van der Waals surface area (Å²) in [5.74, 6) is 0.389. The molecule has 25 heavy (non-hydrogen) atoms. The van der Waals surface area contributed by atoms with Crippen molar-refractivity contribution in [3.8, 4) is 11.5 Å². The largest absolute Gasteiger partial charge is 0.490 e. The number of fused-ring (bicyclic) bond motifs is 1. The molecule has 0 radical (unpaired) electrons. The van der Waals surface area contributed by atoms with Crippen LogP contribution in [0.25, 0.3) is 0 Å². The molecule has 4 nitrogen and oxygen atoms in total. The van der Waals surface area contributed by atoms with Gasteiger partial charge in [-0.3, -0.25) is 4.79 Å². The number of amides is 1. The molecule has 2 atom stereocenters. The van der Waals surface area contributed by atoms with Crippen molar-refractivity contribution < 1.29 is 18.7 Å². The van der Waals surface area contributed by atoms with Crippen molar-refractivity contribution in [3.05, 3.63) is 52.8 Å². The maximum absolute atomic E-state index is 13.9. The number of anilines is 1. The van der Waals surface area contributed by atoms with Crippen LogP contribution < -0.4 is 14.8 Å². The fourth-order valence-corrected chi connectivity index (χ4v) is 3.31. The van der Waals surface area contributed by atoms with Gasteiger partial charge in [-0.25, -0.2) is 4.39 Å². The number of nitrogens with one attached hydrogen (secondary N) is 1. The van der Waals surface area contributed by atoms with Crippen molar-refractivity contribution >= 4 is 23.2 Å². The number of hydrogen-bond donors (Lipinski definition) is 1. The van der Waals surface area contributed by atoms with E-state index in [1.54, 1.807) is 30.3 Å². The molecule has 0 unspecified atom stereocenters. The quantitative estimate of drug-likeness (QED) is 0.882. The van der Waals surface area contributed by atoms with Crippen molar-refractivity contribution in [3.63, 3.8) is 0 Å². The normalized spacial score (nSPS) is 21.4. The number of hydrogen-bond acceptors (Lipinski definition) is 3. The zero-order chi connectivity index (χ0) is 17.4. The van der Waals surface area contributed by atoms with E-state index in [1.807, 2.05) is 0 Å². The molecular weight excluding hydrogens is 345 g/mol. The van der Waals surface area contributed by atoms with E-state index in [9.17, 15) is 9.18 Å². The number of halogens is 2. The highest BCUT2D eigenvalue weighted by atomic mass is 35.5. The summed E-state index contributed by atoms with van der Waals surface area (Å²) in [5.41, 5.74) is 1.07. The third-order valence-corrected chi connectivity index (χ3v) is 4.84. The summed E-state index contributed by atoms with van der Waals surface area (Å²) < 4.78 is 25.0. The van der Waals surface area contributed by atoms with Crippen LogP contribution in [0, 0.1) is 11.7 Å². The van der Waals surface area contributed by atoms with Gasteiger partial charge in [0, 0.05) is 24.5 Å². The summed E-state index contributed by atoms with van der Waals surface area (Å²) in [6.45, 7) is 1.13. The van der Waals surface area contributed by atoms with Crippen LogP contribution >= 0.6 is 11.6 Å². The van der Waals surface area contributed by atoms with E-state index in [-0.39, 0.29) is 23.6 Å². The van der Waals surface area contributed by atoms with Gasteiger partial charge in [0.2, 0.25) is 5.91 Å². The molecule has 2 aromatic carbocycles. The number of benzene rings is 2. The van der Waals surface area contributed by atoms with Crippen LogP contribution in [0.5, 0.6) is 11.5 Å². The van der Waals surface area contributed by atoms with E-state index < -0.39 is 0 Å². The predicted octanol–water partition coefficient (Wildman–Crippen LogP) is 4.38. The van der Waals surface area contributed by atoms with Crippen molar-refractivity contribution in [1.82, 2.24) is 0 Å². The predicted molar refractivity (Wildman–Crippen MR) is 92.9 cm³/mol. The molecule has 1 heterocycles. The van der Waals surface area contributed by atoms with Crippen LogP contribution in [-0.2, 0) is 4.79 Å². The molecule has 4 rings (SSSR count). The molecule has 6 heteroatoms. The van der Waals surface area contributed by atoms with Gasteiger partial charge in [-0.15, -0.1) is 0 Å². The first-order chi connectivity index (χ1) is 12.1. The van der Waals surface area contributed by atoms with Crippen LogP contribution in [-0.4, -0.2) is 19.1 Å². The van der Waals surface area contributed by atoms with Crippen molar-refractivity contribution in [2.75, 3.05) is 18.5 Å². The SMILES string of the molecule is O=C(Nc1cc2c(cc1Cl)OCCCO2)[C@@H]1C[C@H]1c1ccccc1F.